The summed E-state index contributed by atoms with van der Waals surface area (Å²) in [6, 6.07) is 4.69. The average molecular weight is 274 g/mol. The molecule has 0 saturated heterocycles. The lowest BCUT2D eigenvalue weighted by Crippen LogP contribution is -2.60. The third kappa shape index (κ3) is 2.76. The molecule has 3 nitrogen and oxygen atoms in total. The van der Waals surface area contributed by atoms with E-state index < -0.39 is 5.82 Å². The molecule has 2 rings (SSSR count). The molecule has 3 unspecified atom stereocenters. The summed E-state index contributed by atoms with van der Waals surface area (Å²) in [4.78, 5) is 0. The summed E-state index contributed by atoms with van der Waals surface area (Å²) >= 11 is 5.71. The number of halogens is 2. The molecule has 1 aromatic rings. The van der Waals surface area contributed by atoms with Gasteiger partial charge in [0.05, 0.1) is 5.02 Å². The summed E-state index contributed by atoms with van der Waals surface area (Å²) in [6.45, 7) is 2.60. The zero-order chi connectivity index (χ0) is 13.1. The van der Waals surface area contributed by atoms with Crippen LogP contribution in [0.1, 0.15) is 13.3 Å². The highest BCUT2D eigenvalue weighted by atomic mass is 35.5. The van der Waals surface area contributed by atoms with Gasteiger partial charge in [-0.3, -0.25) is 0 Å². The molecule has 0 bridgehead atoms. The van der Waals surface area contributed by atoms with Gasteiger partial charge in [-0.15, -0.1) is 0 Å². The van der Waals surface area contributed by atoms with Gasteiger partial charge in [0.25, 0.3) is 0 Å². The van der Waals surface area contributed by atoms with Crippen LogP contribution in [0.2, 0.25) is 5.02 Å². The lowest BCUT2D eigenvalue weighted by molar-refractivity contribution is -0.103. The second-order valence-electron chi connectivity index (χ2n) is 4.28. The smallest absolute Gasteiger partial charge is 0.142 e. The van der Waals surface area contributed by atoms with Gasteiger partial charge in [0, 0.05) is 25.1 Å². The van der Waals surface area contributed by atoms with Gasteiger partial charge >= 0.3 is 0 Å². The molecule has 1 saturated carbocycles. The highest BCUT2D eigenvalue weighted by Crippen LogP contribution is 2.30. The van der Waals surface area contributed by atoms with E-state index in [1.807, 2.05) is 14.0 Å². The Bertz CT molecular complexity index is 416. The lowest BCUT2D eigenvalue weighted by atomic mass is 9.85. The Balaban J connectivity index is 1.99. The van der Waals surface area contributed by atoms with Gasteiger partial charge in [0.1, 0.15) is 23.8 Å². The first-order valence-corrected chi connectivity index (χ1v) is 6.44. The van der Waals surface area contributed by atoms with Crippen LogP contribution in [0.4, 0.5) is 4.39 Å². The van der Waals surface area contributed by atoms with Gasteiger partial charge in [-0.05, 0) is 26.1 Å². The fraction of sp³-hybridized carbons (Fsp3) is 0.538. The van der Waals surface area contributed by atoms with Gasteiger partial charge < -0.3 is 14.8 Å². The molecule has 0 heterocycles. The molecule has 100 valence electrons. The molecule has 1 aliphatic rings. The fourth-order valence-electron chi connectivity index (χ4n) is 2.12. The zero-order valence-corrected chi connectivity index (χ0v) is 11.2. The lowest BCUT2D eigenvalue weighted by Gasteiger charge is -2.43. The maximum absolute atomic E-state index is 13.0. The van der Waals surface area contributed by atoms with E-state index in [2.05, 4.69) is 5.32 Å². The Morgan fingerprint density at radius 3 is 2.89 bits per heavy atom. The molecule has 1 fully saturated rings. The predicted molar refractivity (Wildman–Crippen MR) is 68.7 cm³/mol. The number of ether oxygens (including phenoxy) is 2. The standard InChI is InChI=1S/C13H17ClFNO2/c1-3-17-13-11(16-2)7-12(13)18-8-4-5-10(15)9(14)6-8/h4-6,11-13,16H,3,7H2,1-2H3. The molecule has 18 heavy (non-hydrogen) atoms. The summed E-state index contributed by atoms with van der Waals surface area (Å²) < 4.78 is 24.4. The molecule has 0 amide bonds. The van der Waals surface area contributed by atoms with Crippen molar-refractivity contribution < 1.29 is 13.9 Å². The van der Waals surface area contributed by atoms with Crippen molar-refractivity contribution in [1.82, 2.24) is 5.32 Å². The summed E-state index contributed by atoms with van der Waals surface area (Å²) in [5.41, 5.74) is 0. The molecular weight excluding hydrogens is 257 g/mol. The van der Waals surface area contributed by atoms with Crippen molar-refractivity contribution in [2.75, 3.05) is 13.7 Å². The van der Waals surface area contributed by atoms with Gasteiger partial charge in [-0.1, -0.05) is 11.6 Å². The molecule has 0 aliphatic heterocycles. The van der Waals surface area contributed by atoms with Crippen LogP contribution < -0.4 is 10.1 Å². The van der Waals surface area contributed by atoms with E-state index in [-0.39, 0.29) is 17.2 Å². The molecule has 1 aromatic carbocycles. The van der Waals surface area contributed by atoms with E-state index in [0.29, 0.717) is 18.4 Å². The summed E-state index contributed by atoms with van der Waals surface area (Å²) in [7, 11) is 1.90. The van der Waals surface area contributed by atoms with Crippen molar-refractivity contribution in [2.45, 2.75) is 31.6 Å². The molecule has 0 spiro atoms. The second kappa shape index (κ2) is 5.87. The molecular formula is C13H17ClFNO2. The molecule has 0 aromatic heterocycles. The first-order valence-electron chi connectivity index (χ1n) is 6.06. The number of hydrogen-bond donors (Lipinski definition) is 1. The summed E-state index contributed by atoms with van der Waals surface area (Å²) in [5.74, 6) is 0.137. The van der Waals surface area contributed by atoms with Crippen LogP contribution in [0.25, 0.3) is 0 Å². The van der Waals surface area contributed by atoms with Crippen LogP contribution in [0.5, 0.6) is 5.75 Å². The minimum atomic E-state index is -0.438. The van der Waals surface area contributed by atoms with E-state index >= 15 is 0 Å². The van der Waals surface area contributed by atoms with Gasteiger partial charge in [-0.25, -0.2) is 4.39 Å². The Labute approximate surface area is 111 Å². The van der Waals surface area contributed by atoms with Crippen LogP contribution in [-0.2, 0) is 4.74 Å². The monoisotopic (exact) mass is 273 g/mol. The first-order chi connectivity index (χ1) is 8.65. The van der Waals surface area contributed by atoms with E-state index in [1.54, 1.807) is 6.07 Å². The Morgan fingerprint density at radius 2 is 2.28 bits per heavy atom. The number of likely N-dealkylation sites (N-methyl/N-ethyl adjacent to an activating group) is 1. The van der Waals surface area contributed by atoms with Gasteiger partial charge in [0.15, 0.2) is 0 Å². The largest absolute Gasteiger partial charge is 0.488 e. The maximum atomic E-state index is 13.0. The van der Waals surface area contributed by atoms with Crippen LogP contribution in [0, 0.1) is 5.82 Å². The molecule has 1 aliphatic carbocycles. The quantitative estimate of drug-likeness (QED) is 0.895. The first kappa shape index (κ1) is 13.6. The Hall–Kier alpha value is -0.840. The van der Waals surface area contributed by atoms with Crippen LogP contribution in [-0.4, -0.2) is 31.9 Å². The fourth-order valence-corrected chi connectivity index (χ4v) is 2.29. The normalized spacial score (nSPS) is 26.8. The maximum Gasteiger partial charge on any atom is 0.142 e. The van der Waals surface area contributed by atoms with Crippen molar-refractivity contribution in [1.29, 1.82) is 0 Å². The highest BCUT2D eigenvalue weighted by molar-refractivity contribution is 6.30. The van der Waals surface area contributed by atoms with E-state index in [9.17, 15) is 4.39 Å². The third-order valence-corrected chi connectivity index (χ3v) is 3.45. The van der Waals surface area contributed by atoms with Crippen molar-refractivity contribution >= 4 is 11.6 Å². The van der Waals surface area contributed by atoms with Crippen molar-refractivity contribution in [2.24, 2.45) is 0 Å². The Kier molecular flexibility index (Phi) is 4.43. The van der Waals surface area contributed by atoms with E-state index in [1.165, 1.54) is 12.1 Å². The topological polar surface area (TPSA) is 30.5 Å². The molecule has 1 N–H and O–H groups in total. The number of hydrogen-bond acceptors (Lipinski definition) is 3. The van der Waals surface area contributed by atoms with Crippen LogP contribution in [0.15, 0.2) is 18.2 Å². The number of benzene rings is 1. The predicted octanol–water partition coefficient (Wildman–Crippen LogP) is 2.62. The number of nitrogens with one attached hydrogen (secondary N) is 1. The second-order valence-corrected chi connectivity index (χ2v) is 4.69. The number of rotatable bonds is 5. The highest BCUT2D eigenvalue weighted by Gasteiger charge is 2.42. The molecule has 0 radical (unpaired) electrons. The molecule has 3 atom stereocenters. The van der Waals surface area contributed by atoms with Crippen LogP contribution in [0.3, 0.4) is 0 Å². The summed E-state index contributed by atoms with van der Waals surface area (Å²) in [5, 5.41) is 3.26. The zero-order valence-electron chi connectivity index (χ0n) is 10.5. The van der Waals surface area contributed by atoms with Crippen LogP contribution >= 0.6 is 11.6 Å². The minimum absolute atomic E-state index is 0.0103. The van der Waals surface area contributed by atoms with E-state index in [4.69, 9.17) is 21.1 Å². The Morgan fingerprint density at radius 1 is 1.50 bits per heavy atom. The third-order valence-electron chi connectivity index (χ3n) is 3.16. The van der Waals surface area contributed by atoms with E-state index in [0.717, 1.165) is 6.42 Å². The summed E-state index contributed by atoms with van der Waals surface area (Å²) in [6.07, 6.45) is 0.892. The van der Waals surface area contributed by atoms with Gasteiger partial charge in [-0.2, -0.15) is 0 Å². The van der Waals surface area contributed by atoms with Crippen molar-refractivity contribution in [3.05, 3.63) is 29.0 Å². The van der Waals surface area contributed by atoms with Gasteiger partial charge in [0.2, 0.25) is 0 Å². The SMILES string of the molecule is CCOC1C(NC)CC1Oc1ccc(F)c(Cl)c1. The van der Waals surface area contributed by atoms with Crippen molar-refractivity contribution in [3.63, 3.8) is 0 Å². The minimum Gasteiger partial charge on any atom is -0.488 e. The average Bonchev–Trinajstić information content (AvgIpc) is 2.35. The molecule has 5 heteroatoms. The van der Waals surface area contributed by atoms with Crippen molar-refractivity contribution in [3.8, 4) is 5.75 Å².